The molecule has 1 fully saturated rings. The van der Waals surface area contributed by atoms with Gasteiger partial charge < -0.3 is 15.1 Å². The Bertz CT molecular complexity index is 857. The number of halogens is 2. The molecule has 2 aromatic rings. The summed E-state index contributed by atoms with van der Waals surface area (Å²) < 4.78 is 14.7. The van der Waals surface area contributed by atoms with E-state index in [0.717, 1.165) is 39.1 Å². The second-order valence-corrected chi connectivity index (χ2v) is 7.66. The summed E-state index contributed by atoms with van der Waals surface area (Å²) >= 11 is 6.43. The molecular weight excluding hydrogens is 393 g/mol. The zero-order valence-electron chi connectivity index (χ0n) is 16.9. The molecule has 1 aliphatic rings. The first-order chi connectivity index (χ1) is 13.9. The van der Waals surface area contributed by atoms with E-state index in [1.54, 1.807) is 18.2 Å². The van der Waals surface area contributed by atoms with E-state index >= 15 is 0 Å². The van der Waals surface area contributed by atoms with Crippen molar-refractivity contribution >= 4 is 23.6 Å². The molecule has 156 valence electrons. The molecule has 1 aromatic carbocycles. The lowest BCUT2D eigenvalue weighted by atomic mass is 10.2. The van der Waals surface area contributed by atoms with Crippen molar-refractivity contribution in [1.82, 2.24) is 24.9 Å². The molecule has 1 N–H and O–H groups in total. The van der Waals surface area contributed by atoms with Gasteiger partial charge in [0.25, 0.3) is 0 Å². The maximum Gasteiger partial charge on any atom is 0.244 e. The Morgan fingerprint density at radius 2 is 1.93 bits per heavy atom. The number of aromatic nitrogens is 2. The molecule has 2 heterocycles. The predicted octanol–water partition coefficient (Wildman–Crippen LogP) is 2.74. The van der Waals surface area contributed by atoms with Gasteiger partial charge in [-0.25, -0.2) is 9.07 Å². The summed E-state index contributed by atoms with van der Waals surface area (Å²) in [5.41, 5.74) is 2.02. The minimum Gasteiger partial charge on any atom is -0.353 e. The maximum atomic E-state index is 13.1. The van der Waals surface area contributed by atoms with E-state index < -0.39 is 0 Å². The highest BCUT2D eigenvalue weighted by atomic mass is 35.5. The van der Waals surface area contributed by atoms with Crippen LogP contribution >= 0.6 is 11.6 Å². The molecule has 0 unspecified atom stereocenters. The molecule has 3 rings (SSSR count). The lowest BCUT2D eigenvalue weighted by molar-refractivity contribution is -0.116. The minimum absolute atomic E-state index is 0.159. The van der Waals surface area contributed by atoms with Gasteiger partial charge >= 0.3 is 0 Å². The van der Waals surface area contributed by atoms with Gasteiger partial charge in [-0.1, -0.05) is 11.6 Å². The second-order valence-electron chi connectivity index (χ2n) is 7.30. The van der Waals surface area contributed by atoms with Gasteiger partial charge in [0.2, 0.25) is 5.91 Å². The third kappa shape index (κ3) is 5.88. The number of benzene rings is 1. The van der Waals surface area contributed by atoms with Gasteiger partial charge in [0, 0.05) is 44.4 Å². The van der Waals surface area contributed by atoms with Crippen LogP contribution in [0.3, 0.4) is 0 Å². The number of nitrogens with zero attached hydrogens (tertiary/aromatic N) is 4. The average Bonchev–Trinajstić information content (AvgIpc) is 2.99. The molecule has 1 aliphatic heterocycles. The lowest BCUT2D eigenvalue weighted by Crippen LogP contribution is -2.45. The highest BCUT2D eigenvalue weighted by molar-refractivity contribution is 6.31. The van der Waals surface area contributed by atoms with E-state index in [2.05, 4.69) is 27.3 Å². The van der Waals surface area contributed by atoms with Crippen molar-refractivity contribution in [3.63, 3.8) is 0 Å². The van der Waals surface area contributed by atoms with E-state index in [1.807, 2.05) is 6.92 Å². The fraction of sp³-hybridized carbons (Fsp3) is 0.429. The number of rotatable bonds is 7. The largest absolute Gasteiger partial charge is 0.353 e. The van der Waals surface area contributed by atoms with Crippen molar-refractivity contribution in [2.75, 3.05) is 46.3 Å². The summed E-state index contributed by atoms with van der Waals surface area (Å²) in [6, 6.07) is 5.92. The summed E-state index contributed by atoms with van der Waals surface area (Å²) in [6.45, 7) is 7.81. The van der Waals surface area contributed by atoms with Crippen molar-refractivity contribution in [2.45, 2.75) is 13.3 Å². The molecule has 0 spiro atoms. The first kappa shape index (κ1) is 21.5. The van der Waals surface area contributed by atoms with Gasteiger partial charge in [-0.3, -0.25) is 4.79 Å². The first-order valence-electron chi connectivity index (χ1n) is 9.82. The third-order valence-corrected chi connectivity index (χ3v) is 5.43. The van der Waals surface area contributed by atoms with Crippen LogP contribution < -0.4 is 5.32 Å². The maximum absolute atomic E-state index is 13.1. The topological polar surface area (TPSA) is 53.4 Å². The Balaban J connectivity index is 1.50. The first-order valence-corrected chi connectivity index (χ1v) is 10.2. The molecule has 0 atom stereocenters. The summed E-state index contributed by atoms with van der Waals surface area (Å²) in [5.74, 6) is -0.480. The van der Waals surface area contributed by atoms with Crippen LogP contribution in [0.25, 0.3) is 11.8 Å². The minimum atomic E-state index is -0.321. The number of hydrogen-bond donors (Lipinski definition) is 1. The van der Waals surface area contributed by atoms with Crippen LogP contribution in [0.4, 0.5) is 4.39 Å². The molecule has 0 radical (unpaired) electrons. The normalized spacial score (nSPS) is 15.9. The van der Waals surface area contributed by atoms with Crippen molar-refractivity contribution in [1.29, 1.82) is 0 Å². The standard InChI is InChI=1S/C21H27ClFN5O/c1-16-19(21(22)28(25-16)18-6-4-17(23)5-7-18)8-9-20(29)24-10-3-11-27-14-12-26(2)13-15-27/h4-9H,3,10-15H2,1-2H3,(H,24,29)/b9-8+. The molecule has 1 saturated heterocycles. The Labute approximate surface area is 175 Å². The summed E-state index contributed by atoms with van der Waals surface area (Å²) in [7, 11) is 2.14. The molecule has 0 saturated carbocycles. The molecular formula is C21H27ClFN5O. The number of likely N-dealkylation sites (N-methyl/N-ethyl adjacent to an activating group) is 1. The number of piperazine rings is 1. The number of amides is 1. The fourth-order valence-electron chi connectivity index (χ4n) is 3.26. The Hall–Kier alpha value is -2.22. The highest BCUT2D eigenvalue weighted by Gasteiger charge is 2.14. The third-order valence-electron chi connectivity index (χ3n) is 5.07. The quantitative estimate of drug-likeness (QED) is 0.554. The molecule has 29 heavy (non-hydrogen) atoms. The smallest absolute Gasteiger partial charge is 0.244 e. The van der Waals surface area contributed by atoms with E-state index in [0.29, 0.717) is 28.6 Å². The Kier molecular flexibility index (Phi) is 7.41. The van der Waals surface area contributed by atoms with Crippen molar-refractivity contribution < 1.29 is 9.18 Å². The van der Waals surface area contributed by atoms with Gasteiger partial charge in [-0.15, -0.1) is 0 Å². The molecule has 1 aromatic heterocycles. The van der Waals surface area contributed by atoms with Gasteiger partial charge in [0.1, 0.15) is 11.0 Å². The van der Waals surface area contributed by atoms with Crippen molar-refractivity contribution in [3.8, 4) is 5.69 Å². The van der Waals surface area contributed by atoms with Crippen LogP contribution in [0.15, 0.2) is 30.3 Å². The SMILES string of the molecule is Cc1nn(-c2ccc(F)cc2)c(Cl)c1/C=C/C(=O)NCCCN1CCN(C)CC1. The van der Waals surface area contributed by atoms with E-state index in [9.17, 15) is 9.18 Å². The van der Waals surface area contributed by atoms with E-state index in [1.165, 1.54) is 22.9 Å². The highest BCUT2D eigenvalue weighted by Crippen LogP contribution is 2.24. The molecule has 8 heteroatoms. The fourth-order valence-corrected chi connectivity index (χ4v) is 3.59. The summed E-state index contributed by atoms with van der Waals surface area (Å²) in [4.78, 5) is 16.9. The average molecular weight is 420 g/mol. The number of aryl methyl sites for hydroxylation is 1. The zero-order valence-corrected chi connectivity index (χ0v) is 17.6. The molecule has 6 nitrogen and oxygen atoms in total. The van der Waals surface area contributed by atoms with Gasteiger partial charge in [0.05, 0.1) is 11.4 Å². The van der Waals surface area contributed by atoms with Crippen molar-refractivity contribution in [3.05, 3.63) is 52.6 Å². The number of hydrogen-bond acceptors (Lipinski definition) is 4. The second kappa shape index (κ2) is 10.0. The van der Waals surface area contributed by atoms with Gasteiger partial charge in [-0.05, 0) is 57.3 Å². The molecule has 0 aliphatic carbocycles. The Morgan fingerprint density at radius 1 is 1.24 bits per heavy atom. The number of nitrogens with one attached hydrogen (secondary N) is 1. The van der Waals surface area contributed by atoms with Crippen LogP contribution in [0.5, 0.6) is 0 Å². The number of carbonyl (C=O) groups is 1. The monoisotopic (exact) mass is 419 g/mol. The zero-order chi connectivity index (χ0) is 20.8. The van der Waals surface area contributed by atoms with Crippen LogP contribution in [-0.4, -0.2) is 71.8 Å². The van der Waals surface area contributed by atoms with Crippen LogP contribution in [0.1, 0.15) is 17.7 Å². The predicted molar refractivity (Wildman–Crippen MR) is 114 cm³/mol. The number of carbonyl (C=O) groups excluding carboxylic acids is 1. The van der Waals surface area contributed by atoms with E-state index in [-0.39, 0.29) is 11.7 Å². The van der Waals surface area contributed by atoms with Crippen molar-refractivity contribution in [2.24, 2.45) is 0 Å². The van der Waals surface area contributed by atoms with Gasteiger partial charge in [-0.2, -0.15) is 5.10 Å². The summed E-state index contributed by atoms with van der Waals surface area (Å²) in [6.07, 6.45) is 4.06. The molecule has 1 amide bonds. The lowest BCUT2D eigenvalue weighted by Gasteiger charge is -2.32. The van der Waals surface area contributed by atoms with Crippen LogP contribution in [0.2, 0.25) is 5.15 Å². The molecule has 0 bridgehead atoms. The van der Waals surface area contributed by atoms with Crippen LogP contribution in [-0.2, 0) is 4.79 Å². The summed E-state index contributed by atoms with van der Waals surface area (Å²) in [5, 5.41) is 7.68. The Morgan fingerprint density at radius 3 is 2.62 bits per heavy atom. The van der Waals surface area contributed by atoms with Crippen LogP contribution in [0, 0.1) is 12.7 Å². The van der Waals surface area contributed by atoms with E-state index in [4.69, 9.17) is 11.6 Å². The van der Waals surface area contributed by atoms with Gasteiger partial charge in [0.15, 0.2) is 0 Å².